The Labute approximate surface area is 262 Å². The summed E-state index contributed by atoms with van der Waals surface area (Å²) in [5.41, 5.74) is 10.5. The topological polar surface area (TPSA) is 6.25 Å². The van der Waals surface area contributed by atoms with Crippen LogP contribution >= 0.6 is 0 Å². The van der Waals surface area contributed by atoms with Gasteiger partial charge in [-0.05, 0) is 90.6 Å². The lowest BCUT2D eigenvalue weighted by Crippen LogP contribution is -2.29. The van der Waals surface area contributed by atoms with E-state index in [1.165, 1.54) is 66.6 Å². The van der Waals surface area contributed by atoms with Crippen molar-refractivity contribution < 1.29 is 4.58 Å². The Morgan fingerprint density at radius 2 is 1.34 bits per heavy atom. The standard InChI is InChI=1S/C42H41N2/c1-29-16-10-11-19-32(29)28-42(4)38(44(6)36-27-25-31-18-13-15-21-34(31)40(36)42)23-9-7-8-22-37-41(2,3)39-33-20-14-12-17-30(33)24-26-35(39)43(37)5/h7-27H,28H2,1-6H3/q+1. The Morgan fingerprint density at radius 3 is 2.07 bits per heavy atom. The highest BCUT2D eigenvalue weighted by atomic mass is 15.2. The molecule has 5 aromatic rings. The molecule has 2 aliphatic rings. The summed E-state index contributed by atoms with van der Waals surface area (Å²) in [6, 6.07) is 35.5. The van der Waals surface area contributed by atoms with Gasteiger partial charge in [0.25, 0.3) is 0 Å². The molecule has 0 radical (unpaired) electrons. The number of nitrogens with zero attached hydrogens (tertiary/aromatic N) is 2. The first kappa shape index (κ1) is 28.1. The van der Waals surface area contributed by atoms with Crippen molar-refractivity contribution >= 4 is 38.6 Å². The minimum absolute atomic E-state index is 0.0890. The van der Waals surface area contributed by atoms with Crippen LogP contribution in [0.5, 0.6) is 0 Å². The summed E-state index contributed by atoms with van der Waals surface area (Å²) >= 11 is 0. The van der Waals surface area contributed by atoms with Crippen molar-refractivity contribution in [3.63, 3.8) is 0 Å². The van der Waals surface area contributed by atoms with Gasteiger partial charge in [0, 0.05) is 41.6 Å². The van der Waals surface area contributed by atoms with Gasteiger partial charge >= 0.3 is 0 Å². The molecule has 1 unspecified atom stereocenters. The van der Waals surface area contributed by atoms with Crippen LogP contribution in [-0.4, -0.2) is 24.4 Å². The van der Waals surface area contributed by atoms with Gasteiger partial charge in [-0.15, -0.1) is 0 Å². The van der Waals surface area contributed by atoms with Crippen molar-refractivity contribution in [2.24, 2.45) is 0 Å². The minimum atomic E-state index is -0.170. The fourth-order valence-corrected chi connectivity index (χ4v) is 7.96. The van der Waals surface area contributed by atoms with Gasteiger partial charge in [0.1, 0.15) is 7.05 Å². The maximum Gasteiger partial charge on any atom is 0.210 e. The fourth-order valence-electron chi connectivity index (χ4n) is 7.96. The summed E-state index contributed by atoms with van der Waals surface area (Å²) in [6.45, 7) is 9.35. The van der Waals surface area contributed by atoms with E-state index in [-0.39, 0.29) is 10.8 Å². The zero-order valence-electron chi connectivity index (χ0n) is 26.7. The summed E-state index contributed by atoms with van der Waals surface area (Å²) in [6.07, 6.45) is 12.2. The van der Waals surface area contributed by atoms with Crippen molar-refractivity contribution in [2.75, 3.05) is 19.0 Å². The highest BCUT2D eigenvalue weighted by Crippen LogP contribution is 2.52. The van der Waals surface area contributed by atoms with Gasteiger partial charge in [0.2, 0.25) is 5.69 Å². The summed E-state index contributed by atoms with van der Waals surface area (Å²) in [4.78, 5) is 2.40. The summed E-state index contributed by atoms with van der Waals surface area (Å²) in [5, 5.41) is 5.28. The summed E-state index contributed by atoms with van der Waals surface area (Å²) < 4.78 is 2.36. The van der Waals surface area contributed by atoms with Crippen LogP contribution in [0.4, 0.5) is 11.4 Å². The van der Waals surface area contributed by atoms with Gasteiger partial charge in [0.05, 0.1) is 5.41 Å². The lowest BCUT2D eigenvalue weighted by atomic mass is 9.74. The molecule has 5 aromatic carbocycles. The predicted molar refractivity (Wildman–Crippen MR) is 189 cm³/mol. The summed E-state index contributed by atoms with van der Waals surface area (Å²) in [7, 11) is 4.42. The first-order valence-corrected chi connectivity index (χ1v) is 15.7. The molecule has 0 fully saturated rings. The largest absolute Gasteiger partial charge is 0.347 e. The lowest BCUT2D eigenvalue weighted by molar-refractivity contribution is -0.401. The van der Waals surface area contributed by atoms with Gasteiger partial charge in [-0.1, -0.05) is 97.1 Å². The zero-order chi connectivity index (χ0) is 30.6. The number of rotatable bonds is 5. The van der Waals surface area contributed by atoms with E-state index in [1.54, 1.807) is 0 Å². The lowest BCUT2D eigenvalue weighted by Gasteiger charge is -2.30. The van der Waals surface area contributed by atoms with Crippen LogP contribution in [0.25, 0.3) is 21.5 Å². The fraction of sp³-hybridized carbons (Fsp3) is 0.214. The third kappa shape index (κ3) is 4.27. The van der Waals surface area contributed by atoms with E-state index in [0.717, 1.165) is 6.42 Å². The van der Waals surface area contributed by atoms with Gasteiger partial charge in [-0.3, -0.25) is 0 Å². The third-order valence-corrected chi connectivity index (χ3v) is 10.2. The molecule has 0 bridgehead atoms. The highest BCUT2D eigenvalue weighted by molar-refractivity contribution is 6.07. The normalized spacial score (nSPS) is 20.1. The second-order valence-corrected chi connectivity index (χ2v) is 13.2. The molecular formula is C42H41N2+. The second-order valence-electron chi connectivity index (χ2n) is 13.2. The quantitative estimate of drug-likeness (QED) is 0.150. The monoisotopic (exact) mass is 573 g/mol. The number of fused-ring (bicyclic) bond motifs is 6. The van der Waals surface area contributed by atoms with E-state index in [9.17, 15) is 0 Å². The molecule has 0 saturated heterocycles. The number of benzene rings is 5. The van der Waals surface area contributed by atoms with Crippen LogP contribution < -0.4 is 4.90 Å². The Balaban J connectivity index is 1.25. The van der Waals surface area contributed by atoms with Crippen LogP contribution in [0.15, 0.2) is 133 Å². The first-order valence-electron chi connectivity index (χ1n) is 15.7. The van der Waals surface area contributed by atoms with Crippen LogP contribution in [0.1, 0.15) is 43.0 Å². The van der Waals surface area contributed by atoms with Crippen LogP contribution in [0, 0.1) is 6.92 Å². The first-order chi connectivity index (χ1) is 21.2. The highest BCUT2D eigenvalue weighted by Gasteiger charge is 2.45. The molecule has 7 rings (SSSR count). The maximum absolute atomic E-state index is 2.43. The molecule has 44 heavy (non-hydrogen) atoms. The van der Waals surface area contributed by atoms with Crippen LogP contribution in [-0.2, 0) is 17.3 Å². The molecule has 2 heterocycles. The predicted octanol–water partition coefficient (Wildman–Crippen LogP) is 9.95. The molecular weight excluding hydrogens is 532 g/mol. The van der Waals surface area contributed by atoms with E-state index < -0.39 is 0 Å². The molecule has 2 nitrogen and oxygen atoms in total. The van der Waals surface area contributed by atoms with Crippen LogP contribution in [0.2, 0.25) is 0 Å². The molecule has 0 spiro atoms. The Kier molecular flexibility index (Phi) is 6.70. The number of aryl methyl sites for hydroxylation is 1. The van der Waals surface area contributed by atoms with Crippen LogP contribution in [0.3, 0.4) is 0 Å². The van der Waals surface area contributed by atoms with E-state index in [4.69, 9.17) is 0 Å². The van der Waals surface area contributed by atoms with Gasteiger partial charge in [-0.25, -0.2) is 0 Å². The second kappa shape index (κ2) is 10.5. The van der Waals surface area contributed by atoms with Crippen molar-refractivity contribution in [1.82, 2.24) is 0 Å². The Bertz CT molecular complexity index is 2070. The Morgan fingerprint density at radius 1 is 0.705 bits per heavy atom. The number of likely N-dealkylation sites (N-methyl/N-ethyl adjacent to an activating group) is 1. The van der Waals surface area contributed by atoms with E-state index >= 15 is 0 Å². The zero-order valence-corrected chi connectivity index (χ0v) is 26.7. The average molecular weight is 574 g/mol. The molecule has 218 valence electrons. The third-order valence-electron chi connectivity index (χ3n) is 10.2. The van der Waals surface area contributed by atoms with Crippen molar-refractivity contribution in [3.05, 3.63) is 155 Å². The number of hydrogen-bond donors (Lipinski definition) is 0. The van der Waals surface area contributed by atoms with Crippen molar-refractivity contribution in [1.29, 1.82) is 0 Å². The molecule has 2 aliphatic heterocycles. The van der Waals surface area contributed by atoms with Gasteiger partial charge < -0.3 is 4.90 Å². The van der Waals surface area contributed by atoms with E-state index in [1.807, 2.05) is 0 Å². The molecule has 0 saturated carbocycles. The molecule has 0 amide bonds. The average Bonchev–Trinajstić information content (AvgIpc) is 3.36. The van der Waals surface area contributed by atoms with Crippen molar-refractivity contribution in [2.45, 2.75) is 44.9 Å². The molecule has 1 atom stereocenters. The summed E-state index contributed by atoms with van der Waals surface area (Å²) in [5.74, 6) is 0. The Hall–Kier alpha value is -4.69. The maximum atomic E-state index is 2.43. The van der Waals surface area contributed by atoms with Gasteiger partial charge in [0.15, 0.2) is 5.71 Å². The molecule has 2 heteroatoms. The molecule has 0 N–H and O–H groups in total. The smallest absolute Gasteiger partial charge is 0.210 e. The molecule has 0 aliphatic carbocycles. The number of anilines is 1. The minimum Gasteiger partial charge on any atom is -0.347 e. The number of allylic oxidation sites excluding steroid dienone is 6. The SMILES string of the molecule is Cc1ccccc1CC1(C)\C(=C/C=C/C=C/C2=[N+](C)c3ccc4ccccc4c3C2(C)C)N(C)c2ccc3ccccc3c21. The van der Waals surface area contributed by atoms with Gasteiger partial charge in [-0.2, -0.15) is 4.58 Å². The number of hydrogen-bond acceptors (Lipinski definition) is 1. The molecule has 0 aromatic heterocycles. The van der Waals surface area contributed by atoms with Crippen molar-refractivity contribution in [3.8, 4) is 0 Å². The van der Waals surface area contributed by atoms with E-state index in [0.29, 0.717) is 0 Å². The van der Waals surface area contributed by atoms with E-state index in [2.05, 4.69) is 179 Å².